The van der Waals surface area contributed by atoms with E-state index in [0.717, 1.165) is 5.56 Å². The van der Waals surface area contributed by atoms with Crippen LogP contribution in [-0.4, -0.2) is 57.5 Å². The van der Waals surface area contributed by atoms with Crippen molar-refractivity contribution in [3.8, 4) is 11.4 Å². The van der Waals surface area contributed by atoms with Gasteiger partial charge in [-0.2, -0.15) is 4.68 Å². The van der Waals surface area contributed by atoms with Crippen molar-refractivity contribution in [2.75, 3.05) is 19.4 Å². The summed E-state index contributed by atoms with van der Waals surface area (Å²) in [4.78, 5) is 23.7. The van der Waals surface area contributed by atoms with Gasteiger partial charge in [-0.15, -0.1) is 5.10 Å². The summed E-state index contributed by atoms with van der Waals surface area (Å²) in [5.74, 6) is 0.205. The van der Waals surface area contributed by atoms with Crippen LogP contribution in [0.1, 0.15) is 19.4 Å². The molecular weight excluding hydrogens is 356 g/mol. The Bertz CT molecular complexity index is 779. The normalized spacial score (nSPS) is 11.7. The third-order valence-electron chi connectivity index (χ3n) is 3.46. The Labute approximate surface area is 155 Å². The first-order valence-electron chi connectivity index (χ1n) is 8.09. The van der Waals surface area contributed by atoms with Gasteiger partial charge in [0.15, 0.2) is 0 Å². The zero-order valence-electron chi connectivity index (χ0n) is 15.1. The fourth-order valence-corrected chi connectivity index (χ4v) is 2.89. The van der Waals surface area contributed by atoms with E-state index in [-0.39, 0.29) is 17.6 Å². The Morgan fingerprint density at radius 3 is 2.85 bits per heavy atom. The summed E-state index contributed by atoms with van der Waals surface area (Å²) in [5.41, 5.74) is 1.72. The molecule has 0 saturated carbocycles. The maximum Gasteiger partial charge on any atom is 0.242 e. The van der Waals surface area contributed by atoms with Gasteiger partial charge >= 0.3 is 0 Å². The maximum absolute atomic E-state index is 12.1. The highest BCUT2D eigenvalue weighted by Crippen LogP contribution is 2.26. The van der Waals surface area contributed by atoms with Crippen molar-refractivity contribution in [3.63, 3.8) is 0 Å². The summed E-state index contributed by atoms with van der Waals surface area (Å²) in [6, 6.07) is 5.06. The topological polar surface area (TPSA) is 111 Å². The first kappa shape index (κ1) is 19.7. The Morgan fingerprint density at radius 1 is 1.38 bits per heavy atom. The van der Waals surface area contributed by atoms with E-state index in [9.17, 15) is 9.59 Å². The lowest BCUT2D eigenvalue weighted by atomic mass is 10.2. The highest BCUT2D eigenvalue weighted by atomic mass is 32.2. The number of rotatable bonds is 8. The molecule has 1 atom stereocenters. The second-order valence-electron chi connectivity index (χ2n) is 5.52. The summed E-state index contributed by atoms with van der Waals surface area (Å²) < 4.78 is 6.88. The van der Waals surface area contributed by atoms with Crippen LogP contribution in [0.3, 0.4) is 0 Å². The van der Waals surface area contributed by atoms with Crippen molar-refractivity contribution < 1.29 is 14.3 Å². The summed E-state index contributed by atoms with van der Waals surface area (Å²) >= 11 is 1.18. The lowest BCUT2D eigenvalue weighted by molar-refractivity contribution is -0.127. The summed E-state index contributed by atoms with van der Waals surface area (Å²) in [6.45, 7) is 5.92. The highest BCUT2D eigenvalue weighted by molar-refractivity contribution is 7.99. The molecule has 1 aromatic heterocycles. The number of hydrogen-bond donors (Lipinski definition) is 2. The molecule has 0 bridgehead atoms. The SMILES string of the molecule is CCNC(=O)[C@@H](C)NC(=O)CSc1nnnn1-c1cc(C)ccc1OC. The number of thioether (sulfide) groups is 1. The molecule has 2 rings (SSSR count). The third-order valence-corrected chi connectivity index (χ3v) is 4.38. The molecule has 0 spiro atoms. The van der Waals surface area contributed by atoms with Crippen LogP contribution in [-0.2, 0) is 9.59 Å². The molecule has 9 nitrogen and oxygen atoms in total. The second kappa shape index (κ2) is 9.18. The number of tetrazole rings is 1. The van der Waals surface area contributed by atoms with Crippen LogP contribution in [0.4, 0.5) is 0 Å². The van der Waals surface area contributed by atoms with E-state index in [2.05, 4.69) is 26.2 Å². The van der Waals surface area contributed by atoms with Gasteiger partial charge in [0.1, 0.15) is 17.5 Å². The number of likely N-dealkylation sites (N-methyl/N-ethyl adjacent to an activating group) is 1. The van der Waals surface area contributed by atoms with E-state index in [1.54, 1.807) is 14.0 Å². The fourth-order valence-electron chi connectivity index (χ4n) is 2.19. The number of carbonyl (C=O) groups is 2. The van der Waals surface area contributed by atoms with Crippen molar-refractivity contribution in [2.45, 2.75) is 32.0 Å². The smallest absolute Gasteiger partial charge is 0.242 e. The number of carbonyl (C=O) groups excluding carboxylic acids is 2. The third kappa shape index (κ3) is 4.94. The van der Waals surface area contributed by atoms with Crippen LogP contribution in [0.15, 0.2) is 23.4 Å². The van der Waals surface area contributed by atoms with Crippen LogP contribution >= 0.6 is 11.8 Å². The molecule has 10 heteroatoms. The predicted molar refractivity (Wildman–Crippen MR) is 97.5 cm³/mol. The molecule has 0 aliphatic carbocycles. The molecule has 2 aromatic rings. The van der Waals surface area contributed by atoms with Crippen molar-refractivity contribution in [2.24, 2.45) is 0 Å². The number of aromatic nitrogens is 4. The number of hydrogen-bond acceptors (Lipinski definition) is 7. The van der Waals surface area contributed by atoms with Crippen molar-refractivity contribution in [1.29, 1.82) is 0 Å². The maximum atomic E-state index is 12.1. The van der Waals surface area contributed by atoms with Gasteiger partial charge in [-0.25, -0.2) is 0 Å². The number of methoxy groups -OCH3 is 1. The monoisotopic (exact) mass is 378 g/mol. The zero-order chi connectivity index (χ0) is 19.1. The Hall–Kier alpha value is -2.62. The quantitative estimate of drug-likeness (QED) is 0.651. The zero-order valence-corrected chi connectivity index (χ0v) is 16.0. The van der Waals surface area contributed by atoms with Gasteiger partial charge in [0, 0.05) is 6.54 Å². The molecule has 2 amide bonds. The number of ether oxygens (including phenoxy) is 1. The van der Waals surface area contributed by atoms with E-state index in [1.807, 2.05) is 32.0 Å². The molecule has 0 radical (unpaired) electrons. The van der Waals surface area contributed by atoms with Gasteiger partial charge in [-0.1, -0.05) is 17.8 Å². The molecule has 1 heterocycles. The molecular formula is C16H22N6O3S. The van der Waals surface area contributed by atoms with Gasteiger partial charge in [0.05, 0.1) is 12.9 Å². The Balaban J connectivity index is 2.05. The molecule has 0 saturated heterocycles. The fraction of sp³-hybridized carbons (Fsp3) is 0.438. The predicted octanol–water partition coefficient (Wildman–Crippen LogP) is 0.712. The van der Waals surface area contributed by atoms with Gasteiger partial charge < -0.3 is 15.4 Å². The van der Waals surface area contributed by atoms with Gasteiger partial charge in [0.2, 0.25) is 17.0 Å². The summed E-state index contributed by atoms with van der Waals surface area (Å²) in [7, 11) is 1.57. The molecule has 0 fully saturated rings. The molecule has 2 N–H and O–H groups in total. The number of benzene rings is 1. The van der Waals surface area contributed by atoms with Gasteiger partial charge in [-0.3, -0.25) is 9.59 Å². The first-order valence-corrected chi connectivity index (χ1v) is 9.08. The lowest BCUT2D eigenvalue weighted by Gasteiger charge is -2.13. The lowest BCUT2D eigenvalue weighted by Crippen LogP contribution is -2.45. The highest BCUT2D eigenvalue weighted by Gasteiger charge is 2.18. The van der Waals surface area contributed by atoms with E-state index in [1.165, 1.54) is 16.4 Å². The molecule has 0 unspecified atom stereocenters. The largest absolute Gasteiger partial charge is 0.494 e. The average molecular weight is 378 g/mol. The van der Waals surface area contributed by atoms with Crippen LogP contribution in [0.2, 0.25) is 0 Å². The van der Waals surface area contributed by atoms with E-state index >= 15 is 0 Å². The minimum absolute atomic E-state index is 0.0816. The van der Waals surface area contributed by atoms with Crippen molar-refractivity contribution >= 4 is 23.6 Å². The number of amides is 2. The van der Waals surface area contributed by atoms with Crippen LogP contribution < -0.4 is 15.4 Å². The second-order valence-corrected chi connectivity index (χ2v) is 6.46. The summed E-state index contributed by atoms with van der Waals surface area (Å²) in [5, 5.41) is 17.4. The van der Waals surface area contributed by atoms with Gasteiger partial charge in [-0.05, 0) is 48.9 Å². The van der Waals surface area contributed by atoms with Crippen molar-refractivity contribution in [1.82, 2.24) is 30.8 Å². The van der Waals surface area contributed by atoms with Gasteiger partial charge in [0.25, 0.3) is 0 Å². The van der Waals surface area contributed by atoms with E-state index in [0.29, 0.717) is 23.1 Å². The number of aryl methyl sites for hydroxylation is 1. The Kier molecular flexibility index (Phi) is 6.96. The van der Waals surface area contributed by atoms with Crippen LogP contribution in [0.25, 0.3) is 5.69 Å². The standard InChI is InChI=1S/C16H22N6O3S/c1-5-17-15(24)11(3)18-14(23)9-26-16-19-20-21-22(16)12-8-10(2)6-7-13(12)25-4/h6-8,11H,5,9H2,1-4H3,(H,17,24)(H,18,23)/t11-/m1/s1. The minimum Gasteiger partial charge on any atom is -0.494 e. The molecule has 0 aliphatic heterocycles. The van der Waals surface area contributed by atoms with Crippen molar-refractivity contribution in [3.05, 3.63) is 23.8 Å². The minimum atomic E-state index is -0.601. The molecule has 26 heavy (non-hydrogen) atoms. The summed E-state index contributed by atoms with van der Waals surface area (Å²) in [6.07, 6.45) is 0. The van der Waals surface area contributed by atoms with E-state index in [4.69, 9.17) is 4.74 Å². The molecule has 140 valence electrons. The number of nitrogens with one attached hydrogen (secondary N) is 2. The number of nitrogens with zero attached hydrogens (tertiary/aromatic N) is 4. The average Bonchev–Trinajstić information content (AvgIpc) is 3.08. The Morgan fingerprint density at radius 2 is 2.15 bits per heavy atom. The van der Waals surface area contributed by atoms with Crippen LogP contribution in [0.5, 0.6) is 5.75 Å². The molecule has 0 aliphatic rings. The van der Waals surface area contributed by atoms with E-state index < -0.39 is 6.04 Å². The first-order chi connectivity index (χ1) is 12.5. The molecule has 1 aromatic carbocycles. The van der Waals surface area contributed by atoms with Crippen LogP contribution in [0, 0.1) is 6.92 Å².